The first kappa shape index (κ1) is 14.6. The Labute approximate surface area is 131 Å². The Balaban J connectivity index is 1.66. The Hall–Kier alpha value is -3.35. The molecule has 3 rings (SSSR count). The molecule has 0 radical (unpaired) electrons. The zero-order valence-electron chi connectivity index (χ0n) is 11.8. The fourth-order valence-corrected chi connectivity index (χ4v) is 1.78. The van der Waals surface area contributed by atoms with Gasteiger partial charge in [-0.1, -0.05) is 6.07 Å². The second-order valence-electron chi connectivity index (χ2n) is 4.49. The Morgan fingerprint density at radius 3 is 2.70 bits per heavy atom. The van der Waals surface area contributed by atoms with Crippen molar-refractivity contribution >= 4 is 11.6 Å². The molecule has 1 amide bonds. The van der Waals surface area contributed by atoms with Gasteiger partial charge in [0.2, 0.25) is 5.88 Å². The summed E-state index contributed by atoms with van der Waals surface area (Å²) < 4.78 is 18.5. The average Bonchev–Trinajstić information content (AvgIpc) is 2.57. The van der Waals surface area contributed by atoms with Gasteiger partial charge < -0.3 is 10.1 Å². The molecule has 0 aliphatic heterocycles. The maximum absolute atomic E-state index is 13.1. The molecule has 0 aliphatic rings. The molecular weight excluding hydrogens is 299 g/mol. The zero-order chi connectivity index (χ0) is 16.1. The average molecular weight is 310 g/mol. The molecule has 0 unspecified atom stereocenters. The summed E-state index contributed by atoms with van der Waals surface area (Å²) in [5.41, 5.74) is 0.680. The number of hydrogen-bond acceptors (Lipinski definition) is 5. The summed E-state index contributed by atoms with van der Waals surface area (Å²) in [6, 6.07) is 8.93. The van der Waals surface area contributed by atoms with Crippen LogP contribution in [0.3, 0.4) is 0 Å². The van der Waals surface area contributed by atoms with E-state index in [9.17, 15) is 9.18 Å². The standard InChI is InChI=1S/C16H11FN4O2/c17-11-2-1-3-13(8-11)23-15-5-4-12(9-20-15)21-16(22)14-10-18-6-7-19-14/h1-10H,(H,21,22). The van der Waals surface area contributed by atoms with E-state index in [2.05, 4.69) is 20.3 Å². The van der Waals surface area contributed by atoms with Gasteiger partial charge in [-0.3, -0.25) is 9.78 Å². The van der Waals surface area contributed by atoms with Crippen LogP contribution in [0.2, 0.25) is 0 Å². The normalized spacial score (nSPS) is 10.1. The molecule has 0 saturated carbocycles. The van der Waals surface area contributed by atoms with E-state index in [4.69, 9.17) is 4.74 Å². The van der Waals surface area contributed by atoms with Crippen LogP contribution in [0.1, 0.15) is 10.5 Å². The molecule has 0 aliphatic carbocycles. The van der Waals surface area contributed by atoms with Crippen LogP contribution in [0.25, 0.3) is 0 Å². The van der Waals surface area contributed by atoms with Crippen molar-refractivity contribution < 1.29 is 13.9 Å². The number of benzene rings is 1. The number of aromatic nitrogens is 3. The molecule has 6 nitrogen and oxygen atoms in total. The monoisotopic (exact) mass is 310 g/mol. The quantitative estimate of drug-likeness (QED) is 0.801. The predicted octanol–water partition coefficient (Wildman–Crippen LogP) is 3.06. The number of ether oxygens (including phenoxy) is 1. The summed E-state index contributed by atoms with van der Waals surface area (Å²) in [5, 5.41) is 2.64. The van der Waals surface area contributed by atoms with Gasteiger partial charge in [-0.15, -0.1) is 0 Å². The molecule has 3 aromatic rings. The highest BCUT2D eigenvalue weighted by Crippen LogP contribution is 2.21. The minimum atomic E-state index is -0.393. The van der Waals surface area contributed by atoms with E-state index in [1.807, 2.05) is 0 Å². The van der Waals surface area contributed by atoms with Crippen molar-refractivity contribution in [3.8, 4) is 11.6 Å². The summed E-state index contributed by atoms with van der Waals surface area (Å²) in [5.74, 6) is -0.156. The van der Waals surface area contributed by atoms with Crippen LogP contribution in [0.15, 0.2) is 61.2 Å². The summed E-state index contributed by atoms with van der Waals surface area (Å²) in [7, 11) is 0. The van der Waals surface area contributed by atoms with Crippen LogP contribution < -0.4 is 10.1 Å². The van der Waals surface area contributed by atoms with E-state index in [0.717, 1.165) is 0 Å². The SMILES string of the molecule is O=C(Nc1ccc(Oc2cccc(F)c2)nc1)c1cnccn1. The van der Waals surface area contributed by atoms with E-state index in [1.165, 1.54) is 36.9 Å². The van der Waals surface area contributed by atoms with E-state index in [1.54, 1.807) is 24.3 Å². The third-order valence-electron chi connectivity index (χ3n) is 2.81. The number of anilines is 1. The molecule has 0 fully saturated rings. The van der Waals surface area contributed by atoms with Gasteiger partial charge >= 0.3 is 0 Å². The van der Waals surface area contributed by atoms with E-state index in [-0.39, 0.29) is 11.6 Å². The van der Waals surface area contributed by atoms with Crippen molar-refractivity contribution in [1.82, 2.24) is 15.0 Å². The number of nitrogens with one attached hydrogen (secondary N) is 1. The van der Waals surface area contributed by atoms with Gasteiger partial charge in [0.25, 0.3) is 5.91 Å². The first-order chi connectivity index (χ1) is 11.2. The van der Waals surface area contributed by atoms with Gasteiger partial charge in [0.05, 0.1) is 18.1 Å². The number of pyridine rings is 1. The van der Waals surface area contributed by atoms with Crippen molar-refractivity contribution in [3.63, 3.8) is 0 Å². The Morgan fingerprint density at radius 2 is 2.00 bits per heavy atom. The summed E-state index contributed by atoms with van der Waals surface area (Å²) >= 11 is 0. The fraction of sp³-hybridized carbons (Fsp3) is 0. The van der Waals surface area contributed by atoms with Crippen molar-refractivity contribution in [1.29, 1.82) is 0 Å². The molecular formula is C16H11FN4O2. The molecule has 0 saturated heterocycles. The maximum Gasteiger partial charge on any atom is 0.275 e. The third-order valence-corrected chi connectivity index (χ3v) is 2.81. The van der Waals surface area contributed by atoms with Gasteiger partial charge in [0.1, 0.15) is 17.3 Å². The number of halogens is 1. The van der Waals surface area contributed by atoms with Crippen LogP contribution in [0.5, 0.6) is 11.6 Å². The van der Waals surface area contributed by atoms with Gasteiger partial charge in [-0.25, -0.2) is 14.4 Å². The largest absolute Gasteiger partial charge is 0.439 e. The van der Waals surface area contributed by atoms with Crippen molar-refractivity contribution in [2.45, 2.75) is 0 Å². The number of nitrogens with zero attached hydrogens (tertiary/aromatic N) is 3. The van der Waals surface area contributed by atoms with E-state index >= 15 is 0 Å². The molecule has 2 heterocycles. The first-order valence-corrected chi connectivity index (χ1v) is 6.67. The van der Waals surface area contributed by atoms with Crippen molar-refractivity contribution in [2.24, 2.45) is 0 Å². The molecule has 23 heavy (non-hydrogen) atoms. The van der Waals surface area contributed by atoms with Gasteiger partial charge in [-0.05, 0) is 18.2 Å². The molecule has 0 bridgehead atoms. The second-order valence-corrected chi connectivity index (χ2v) is 4.49. The highest BCUT2D eigenvalue weighted by Gasteiger charge is 2.08. The number of rotatable bonds is 4. The number of hydrogen-bond donors (Lipinski definition) is 1. The van der Waals surface area contributed by atoms with Crippen LogP contribution >= 0.6 is 0 Å². The Bertz CT molecular complexity index is 810. The zero-order valence-corrected chi connectivity index (χ0v) is 11.8. The highest BCUT2D eigenvalue weighted by atomic mass is 19.1. The van der Waals surface area contributed by atoms with Gasteiger partial charge in [-0.2, -0.15) is 0 Å². The van der Waals surface area contributed by atoms with Crippen LogP contribution in [-0.4, -0.2) is 20.9 Å². The summed E-state index contributed by atoms with van der Waals surface area (Å²) in [4.78, 5) is 23.7. The van der Waals surface area contributed by atoms with Gasteiger partial charge in [0.15, 0.2) is 0 Å². The lowest BCUT2D eigenvalue weighted by Crippen LogP contribution is -2.13. The molecule has 2 aromatic heterocycles. The molecule has 1 aromatic carbocycles. The van der Waals surface area contributed by atoms with Gasteiger partial charge in [0, 0.05) is 24.5 Å². The van der Waals surface area contributed by atoms with Crippen LogP contribution in [0, 0.1) is 5.82 Å². The topological polar surface area (TPSA) is 77.0 Å². The van der Waals surface area contributed by atoms with Crippen LogP contribution in [0.4, 0.5) is 10.1 Å². The Kier molecular flexibility index (Phi) is 4.19. The minimum absolute atomic E-state index is 0.201. The highest BCUT2D eigenvalue weighted by molar-refractivity contribution is 6.02. The molecule has 0 spiro atoms. The van der Waals surface area contributed by atoms with E-state index in [0.29, 0.717) is 11.4 Å². The Morgan fingerprint density at radius 1 is 1.09 bits per heavy atom. The van der Waals surface area contributed by atoms with Crippen molar-refractivity contribution in [2.75, 3.05) is 5.32 Å². The first-order valence-electron chi connectivity index (χ1n) is 6.67. The minimum Gasteiger partial charge on any atom is -0.439 e. The summed E-state index contributed by atoms with van der Waals surface area (Å²) in [6.45, 7) is 0. The summed E-state index contributed by atoms with van der Waals surface area (Å²) in [6.07, 6.45) is 5.72. The lowest BCUT2D eigenvalue weighted by molar-refractivity contribution is 0.102. The number of amides is 1. The van der Waals surface area contributed by atoms with E-state index < -0.39 is 11.7 Å². The lowest BCUT2D eigenvalue weighted by Gasteiger charge is -2.07. The number of carbonyl (C=O) groups excluding carboxylic acids is 1. The molecule has 1 N–H and O–H groups in total. The molecule has 114 valence electrons. The van der Waals surface area contributed by atoms with Crippen LogP contribution in [-0.2, 0) is 0 Å². The number of carbonyl (C=O) groups is 1. The molecule has 7 heteroatoms. The second kappa shape index (κ2) is 6.61. The smallest absolute Gasteiger partial charge is 0.275 e. The fourth-order valence-electron chi connectivity index (χ4n) is 1.78. The van der Waals surface area contributed by atoms with Crippen molar-refractivity contribution in [3.05, 3.63) is 72.7 Å². The maximum atomic E-state index is 13.1. The predicted molar refractivity (Wildman–Crippen MR) is 80.7 cm³/mol. The molecule has 0 atom stereocenters. The lowest BCUT2D eigenvalue weighted by atomic mass is 10.3. The third kappa shape index (κ3) is 3.85.